The highest BCUT2D eigenvalue weighted by Gasteiger charge is 2.26. The van der Waals surface area contributed by atoms with Crippen LogP contribution in [-0.4, -0.2) is 48.4 Å². The summed E-state index contributed by atoms with van der Waals surface area (Å²) in [5.74, 6) is 1.08. The van der Waals surface area contributed by atoms with Gasteiger partial charge in [0.1, 0.15) is 0 Å². The van der Waals surface area contributed by atoms with E-state index in [9.17, 15) is 4.79 Å². The minimum absolute atomic E-state index is 0.0685. The van der Waals surface area contributed by atoms with Crippen LogP contribution in [0.1, 0.15) is 25.7 Å². The summed E-state index contributed by atoms with van der Waals surface area (Å²) in [6.45, 7) is 3.08. The van der Waals surface area contributed by atoms with Crippen molar-refractivity contribution in [1.82, 2.24) is 15.5 Å². The van der Waals surface area contributed by atoms with Crippen LogP contribution in [0.2, 0.25) is 5.02 Å². The van der Waals surface area contributed by atoms with Gasteiger partial charge in [0.2, 0.25) is 5.91 Å². The van der Waals surface area contributed by atoms with E-state index in [-0.39, 0.29) is 17.9 Å². The van der Waals surface area contributed by atoms with Crippen LogP contribution in [0.4, 0.5) is 5.82 Å². The number of nitrogens with one attached hydrogen (secondary N) is 1. The second kappa shape index (κ2) is 8.88. The van der Waals surface area contributed by atoms with Crippen molar-refractivity contribution in [3.05, 3.63) is 41.4 Å². The van der Waals surface area contributed by atoms with E-state index in [1.54, 1.807) is 0 Å². The fraction of sp³-hybridized carbons (Fsp3) is 0.476. The SMILES string of the molecule is O=C(NCC1CCCO1)C1CCN(c2ccc(-c3ccc(Cl)cc3)nn2)CC1. The first-order valence-corrected chi connectivity index (χ1v) is 10.3. The Balaban J connectivity index is 1.28. The average Bonchev–Trinajstić information content (AvgIpc) is 3.27. The Morgan fingerprint density at radius 1 is 1.11 bits per heavy atom. The number of carbonyl (C=O) groups is 1. The van der Waals surface area contributed by atoms with Crippen molar-refractivity contribution in [3.8, 4) is 11.3 Å². The van der Waals surface area contributed by atoms with Crippen LogP contribution in [0.3, 0.4) is 0 Å². The Morgan fingerprint density at radius 2 is 1.89 bits per heavy atom. The van der Waals surface area contributed by atoms with Crippen LogP contribution in [0.15, 0.2) is 36.4 Å². The molecule has 1 atom stereocenters. The van der Waals surface area contributed by atoms with Crippen LogP contribution in [-0.2, 0) is 9.53 Å². The van der Waals surface area contributed by atoms with Gasteiger partial charge in [0.15, 0.2) is 5.82 Å². The van der Waals surface area contributed by atoms with Crippen molar-refractivity contribution in [3.63, 3.8) is 0 Å². The van der Waals surface area contributed by atoms with Gasteiger partial charge in [0, 0.05) is 42.7 Å². The largest absolute Gasteiger partial charge is 0.376 e. The number of aromatic nitrogens is 2. The maximum atomic E-state index is 12.4. The lowest BCUT2D eigenvalue weighted by molar-refractivity contribution is -0.126. The summed E-state index contributed by atoms with van der Waals surface area (Å²) in [7, 11) is 0. The second-order valence-corrected chi connectivity index (χ2v) is 7.86. The molecule has 28 heavy (non-hydrogen) atoms. The van der Waals surface area contributed by atoms with E-state index in [1.807, 2.05) is 36.4 Å². The number of rotatable bonds is 5. The first kappa shape index (κ1) is 19.2. The monoisotopic (exact) mass is 400 g/mol. The molecule has 2 saturated heterocycles. The normalized spacial score (nSPS) is 20.3. The van der Waals surface area contributed by atoms with E-state index in [2.05, 4.69) is 20.4 Å². The number of amides is 1. The zero-order chi connectivity index (χ0) is 19.3. The Labute approximate surface area is 170 Å². The van der Waals surface area contributed by atoms with Gasteiger partial charge in [0.25, 0.3) is 0 Å². The molecule has 0 bridgehead atoms. The highest BCUT2D eigenvalue weighted by Crippen LogP contribution is 2.24. The third kappa shape index (κ3) is 4.62. The van der Waals surface area contributed by atoms with Gasteiger partial charge in [-0.2, -0.15) is 0 Å². The molecule has 4 rings (SSSR count). The average molecular weight is 401 g/mol. The van der Waals surface area contributed by atoms with Crippen LogP contribution in [0, 0.1) is 5.92 Å². The fourth-order valence-corrected chi connectivity index (χ4v) is 3.93. The van der Waals surface area contributed by atoms with Crippen LogP contribution < -0.4 is 10.2 Å². The number of piperidine rings is 1. The molecule has 6 nitrogen and oxygen atoms in total. The van der Waals surface area contributed by atoms with E-state index in [0.29, 0.717) is 11.6 Å². The maximum absolute atomic E-state index is 12.4. The molecule has 7 heteroatoms. The number of halogens is 1. The lowest BCUT2D eigenvalue weighted by atomic mass is 9.96. The van der Waals surface area contributed by atoms with E-state index < -0.39 is 0 Å². The molecule has 2 aliphatic rings. The molecule has 1 amide bonds. The number of hydrogen-bond acceptors (Lipinski definition) is 5. The molecule has 0 radical (unpaired) electrons. The summed E-state index contributed by atoms with van der Waals surface area (Å²) in [5, 5.41) is 12.5. The minimum Gasteiger partial charge on any atom is -0.376 e. The number of carbonyl (C=O) groups excluding carboxylic acids is 1. The van der Waals surface area contributed by atoms with Gasteiger partial charge in [-0.05, 0) is 49.9 Å². The fourth-order valence-electron chi connectivity index (χ4n) is 3.80. The third-order valence-corrected chi connectivity index (χ3v) is 5.76. The molecule has 1 aromatic carbocycles. The number of anilines is 1. The van der Waals surface area contributed by atoms with Gasteiger partial charge in [-0.15, -0.1) is 10.2 Å². The van der Waals surface area contributed by atoms with Crippen LogP contribution >= 0.6 is 11.6 Å². The molecule has 2 aromatic rings. The van der Waals surface area contributed by atoms with Crippen molar-refractivity contribution < 1.29 is 9.53 Å². The molecule has 1 N–H and O–H groups in total. The predicted octanol–water partition coefficient (Wildman–Crippen LogP) is 3.31. The summed E-state index contributed by atoms with van der Waals surface area (Å²) in [4.78, 5) is 14.6. The Hall–Kier alpha value is -2.18. The van der Waals surface area contributed by atoms with Gasteiger partial charge in [-0.1, -0.05) is 23.7 Å². The second-order valence-electron chi connectivity index (χ2n) is 7.43. The minimum atomic E-state index is 0.0685. The molecular weight excluding hydrogens is 376 g/mol. The lowest BCUT2D eigenvalue weighted by Gasteiger charge is -2.32. The molecular formula is C21H25ClN4O2. The third-order valence-electron chi connectivity index (χ3n) is 5.51. The molecule has 1 unspecified atom stereocenters. The number of nitrogens with zero attached hydrogens (tertiary/aromatic N) is 3. The summed E-state index contributed by atoms with van der Waals surface area (Å²) in [6, 6.07) is 11.5. The zero-order valence-corrected chi connectivity index (χ0v) is 16.6. The van der Waals surface area contributed by atoms with Gasteiger partial charge >= 0.3 is 0 Å². The summed E-state index contributed by atoms with van der Waals surface area (Å²) < 4.78 is 5.57. The number of hydrogen-bond donors (Lipinski definition) is 1. The number of ether oxygens (including phenoxy) is 1. The summed E-state index contributed by atoms with van der Waals surface area (Å²) in [6.07, 6.45) is 3.99. The number of benzene rings is 1. The van der Waals surface area contributed by atoms with Gasteiger partial charge in [-0.3, -0.25) is 4.79 Å². The van der Waals surface area contributed by atoms with Crippen LogP contribution in [0.5, 0.6) is 0 Å². The van der Waals surface area contributed by atoms with Crippen molar-refractivity contribution in [2.24, 2.45) is 5.92 Å². The van der Waals surface area contributed by atoms with E-state index >= 15 is 0 Å². The molecule has 2 fully saturated rings. The highest BCUT2D eigenvalue weighted by molar-refractivity contribution is 6.30. The molecule has 0 spiro atoms. The van der Waals surface area contributed by atoms with Crippen molar-refractivity contribution in [2.75, 3.05) is 31.1 Å². The smallest absolute Gasteiger partial charge is 0.223 e. The molecule has 2 aliphatic heterocycles. The molecule has 3 heterocycles. The molecule has 0 saturated carbocycles. The molecule has 0 aliphatic carbocycles. The first-order valence-electron chi connectivity index (χ1n) is 9.93. The van der Waals surface area contributed by atoms with Crippen molar-refractivity contribution in [1.29, 1.82) is 0 Å². The predicted molar refractivity (Wildman–Crippen MR) is 109 cm³/mol. The lowest BCUT2D eigenvalue weighted by Crippen LogP contribution is -2.42. The van der Waals surface area contributed by atoms with Gasteiger partial charge in [0.05, 0.1) is 11.8 Å². The van der Waals surface area contributed by atoms with Crippen molar-refractivity contribution in [2.45, 2.75) is 31.8 Å². The summed E-state index contributed by atoms with van der Waals surface area (Å²) in [5.41, 5.74) is 1.81. The topological polar surface area (TPSA) is 67.3 Å². The van der Waals surface area contributed by atoms with Gasteiger partial charge < -0.3 is 15.0 Å². The van der Waals surface area contributed by atoms with Gasteiger partial charge in [-0.25, -0.2) is 0 Å². The Kier molecular flexibility index (Phi) is 6.07. The first-order chi connectivity index (χ1) is 13.7. The van der Waals surface area contributed by atoms with E-state index in [4.69, 9.17) is 16.3 Å². The van der Waals surface area contributed by atoms with E-state index in [1.165, 1.54) is 0 Å². The maximum Gasteiger partial charge on any atom is 0.223 e. The Morgan fingerprint density at radius 3 is 2.54 bits per heavy atom. The standard InChI is InChI=1S/C21H25ClN4O2/c22-17-5-3-15(4-6-17)19-7-8-20(25-24-19)26-11-9-16(10-12-26)21(27)23-14-18-2-1-13-28-18/h3-8,16,18H,1-2,9-14H2,(H,23,27). The zero-order valence-electron chi connectivity index (χ0n) is 15.8. The molecule has 1 aromatic heterocycles. The van der Waals surface area contributed by atoms with Crippen molar-refractivity contribution >= 4 is 23.3 Å². The summed E-state index contributed by atoms with van der Waals surface area (Å²) >= 11 is 5.94. The van der Waals surface area contributed by atoms with E-state index in [0.717, 1.165) is 62.5 Å². The highest BCUT2D eigenvalue weighted by atomic mass is 35.5. The Bertz CT molecular complexity index is 783. The van der Waals surface area contributed by atoms with Crippen LogP contribution in [0.25, 0.3) is 11.3 Å². The molecule has 148 valence electrons. The quantitative estimate of drug-likeness (QED) is 0.833.